The Balaban J connectivity index is 0.782. The van der Waals surface area contributed by atoms with E-state index in [1.807, 2.05) is 20.9 Å². The number of carbonyl (C=O) groups excluding carboxylic acids is 3. The molecule has 1 unspecified atom stereocenters. The fourth-order valence-corrected chi connectivity index (χ4v) is 16.2. The molecule has 5 N–H and O–H groups in total. The minimum Gasteiger partial charge on any atom is -0.480 e. The number of aliphatic carboxylic acids is 1. The highest BCUT2D eigenvalue weighted by atomic mass is 32.1. The molecular formula is C62H94N6O8S. The minimum absolute atomic E-state index is 0.0545. The highest BCUT2D eigenvalue weighted by molar-refractivity contribution is 7.19. The van der Waals surface area contributed by atoms with E-state index < -0.39 is 23.5 Å². The average Bonchev–Trinajstić information content (AvgIpc) is 4.08. The predicted octanol–water partition coefficient (Wildman–Crippen LogP) is 10.9. The summed E-state index contributed by atoms with van der Waals surface area (Å²) in [6, 6.07) is 6.75. The summed E-state index contributed by atoms with van der Waals surface area (Å²) in [5.74, 6) is 2.61. The van der Waals surface area contributed by atoms with Gasteiger partial charge >= 0.3 is 12.1 Å². The standard InChI is InChI=1S/C62H94N6O8S/c1-39(46-20-21-47-54-48(24-26-62(46,47)8)61(7)25-23-44(69)35-43(61)36-51(54)70)17-16-30-65-50(58(73)74)18-12-14-29-64-28-13-10-11-15-31-68(59(75)76-45-19-22-49-52(37-45)77-53(38-63)66-49)34-33-67(9)32-27-60(5,6)55-42(4)56(71)40(2)41(3)57(55)72/h19,22,37,39,43-44,46-48,50-51,54,64-65,69-70H,10-18,20-21,23-36H2,1-9H3,(H,73,74)/t39-,43+,44-,46-,47+,48+,50?,51+,54+,61+,62-/m1/s1. The number of benzene rings is 1. The van der Waals surface area contributed by atoms with Crippen LogP contribution in [0.5, 0.6) is 5.75 Å². The van der Waals surface area contributed by atoms with E-state index in [2.05, 4.69) is 47.4 Å². The zero-order valence-corrected chi connectivity index (χ0v) is 49.0. The normalized spacial score (nSPS) is 28.3. The van der Waals surface area contributed by atoms with Crippen LogP contribution >= 0.6 is 11.3 Å². The van der Waals surface area contributed by atoms with Crippen molar-refractivity contribution in [2.24, 2.45) is 51.8 Å². The van der Waals surface area contributed by atoms with Gasteiger partial charge in [0.2, 0.25) is 0 Å². The number of nitrogens with zero attached hydrogens (tertiary/aromatic N) is 4. The van der Waals surface area contributed by atoms with E-state index in [1.165, 1.54) is 37.0 Å². The molecular weight excluding hydrogens is 989 g/mol. The maximum Gasteiger partial charge on any atom is 0.415 e. The quantitative estimate of drug-likeness (QED) is 0.0418. The summed E-state index contributed by atoms with van der Waals surface area (Å²) in [6.07, 6.45) is 16.4. The number of aliphatic hydroxyl groups is 2. The minimum atomic E-state index is -0.779. The number of fused-ring (bicyclic) bond motifs is 6. The molecule has 77 heavy (non-hydrogen) atoms. The molecule has 426 valence electrons. The Hall–Kier alpha value is -4.04. The number of allylic oxidation sites excluding steroid dienone is 4. The first kappa shape index (κ1) is 60.6. The van der Waals surface area contributed by atoms with Crippen molar-refractivity contribution < 1.29 is 39.2 Å². The van der Waals surface area contributed by atoms with E-state index in [0.717, 1.165) is 94.8 Å². The molecule has 1 aromatic heterocycles. The first-order valence-electron chi connectivity index (χ1n) is 29.6. The van der Waals surface area contributed by atoms with Gasteiger partial charge in [0.15, 0.2) is 16.6 Å². The number of carboxylic acids is 1. The Labute approximate surface area is 464 Å². The fourth-order valence-electron chi connectivity index (χ4n) is 15.4. The van der Waals surface area contributed by atoms with E-state index in [9.17, 15) is 39.8 Å². The van der Waals surface area contributed by atoms with Crippen LogP contribution in [0.25, 0.3) is 10.2 Å². The van der Waals surface area contributed by atoms with Gasteiger partial charge in [-0.1, -0.05) is 53.9 Å². The summed E-state index contributed by atoms with van der Waals surface area (Å²) in [5.41, 5.74) is 2.80. The summed E-state index contributed by atoms with van der Waals surface area (Å²) in [4.78, 5) is 60.5. The number of ether oxygens (including phenoxy) is 1. The molecule has 1 amide bonds. The van der Waals surface area contributed by atoms with Gasteiger partial charge in [0, 0.05) is 48.0 Å². The summed E-state index contributed by atoms with van der Waals surface area (Å²) in [5, 5.41) is 48.8. The van der Waals surface area contributed by atoms with Gasteiger partial charge in [0.1, 0.15) is 17.9 Å². The van der Waals surface area contributed by atoms with Crippen LogP contribution in [0.3, 0.4) is 0 Å². The van der Waals surface area contributed by atoms with Gasteiger partial charge < -0.3 is 40.5 Å². The van der Waals surface area contributed by atoms with Crippen LogP contribution in [0.15, 0.2) is 40.5 Å². The molecule has 15 heteroatoms. The summed E-state index contributed by atoms with van der Waals surface area (Å²) in [7, 11) is 2.00. The van der Waals surface area contributed by atoms with Crippen molar-refractivity contribution in [3.8, 4) is 11.8 Å². The van der Waals surface area contributed by atoms with Crippen molar-refractivity contribution in [2.75, 3.05) is 52.9 Å². The number of thiazole rings is 1. The zero-order valence-electron chi connectivity index (χ0n) is 48.2. The van der Waals surface area contributed by atoms with E-state index >= 15 is 0 Å². The molecule has 7 rings (SSSR count). The van der Waals surface area contributed by atoms with Crippen LogP contribution in [0.1, 0.15) is 176 Å². The Bertz CT molecular complexity index is 2520. The van der Waals surface area contributed by atoms with Gasteiger partial charge in [0.25, 0.3) is 0 Å². The summed E-state index contributed by atoms with van der Waals surface area (Å²) >= 11 is 1.26. The number of ketones is 2. The number of unbranched alkanes of at least 4 members (excludes halogenated alkanes) is 4. The molecule has 1 heterocycles. The lowest BCUT2D eigenvalue weighted by molar-refractivity contribution is -0.174. The van der Waals surface area contributed by atoms with Crippen LogP contribution in [0.2, 0.25) is 0 Å². The molecule has 2 aromatic rings. The third kappa shape index (κ3) is 14.1. The van der Waals surface area contributed by atoms with Crippen LogP contribution < -0.4 is 15.4 Å². The number of aliphatic hydroxyl groups excluding tert-OH is 2. The van der Waals surface area contributed by atoms with Crippen LogP contribution in [-0.4, -0.2) is 125 Å². The van der Waals surface area contributed by atoms with E-state index in [4.69, 9.17) is 4.74 Å². The lowest BCUT2D eigenvalue weighted by Crippen LogP contribution is -2.58. The molecule has 0 bridgehead atoms. The lowest BCUT2D eigenvalue weighted by Gasteiger charge is -2.62. The maximum absolute atomic E-state index is 13.7. The van der Waals surface area contributed by atoms with E-state index in [1.54, 1.807) is 43.9 Å². The Kier molecular flexibility index (Phi) is 20.8. The van der Waals surface area contributed by atoms with Gasteiger partial charge in [-0.25, -0.2) is 9.78 Å². The number of hydrogen-bond acceptors (Lipinski definition) is 13. The Morgan fingerprint density at radius 2 is 1.56 bits per heavy atom. The average molecular weight is 1080 g/mol. The SMILES string of the molecule is CC1=C(C)C(=O)C(C(C)(C)CCN(C)CCN(CCCCCCNCCCCC(NCCC[C@@H](C)[C@H]2CC[C@H]3[C@@H]4[C@@H](O)C[C@@H]5C[C@H](O)CC[C@]5(C)[C@H]4CC[C@]23C)C(=O)O)C(=O)Oc2ccc3nc(C#N)sc3c2)=C(C)C1=O. The van der Waals surface area contributed by atoms with Crippen LogP contribution in [0, 0.1) is 63.1 Å². The second-order valence-electron chi connectivity index (χ2n) is 25.5. The monoisotopic (exact) mass is 1080 g/mol. The number of rotatable bonds is 27. The molecule has 11 atom stereocenters. The number of aromatic nitrogens is 1. The lowest BCUT2D eigenvalue weighted by atomic mass is 9.43. The van der Waals surface area contributed by atoms with E-state index in [-0.39, 0.29) is 34.6 Å². The number of hydrogen-bond donors (Lipinski definition) is 5. The molecule has 0 spiro atoms. The van der Waals surface area contributed by atoms with Crippen LogP contribution in [-0.2, 0) is 14.4 Å². The summed E-state index contributed by atoms with van der Waals surface area (Å²) in [6.45, 7) is 21.3. The Morgan fingerprint density at radius 3 is 2.30 bits per heavy atom. The molecule has 5 aliphatic carbocycles. The molecule has 0 saturated heterocycles. The molecule has 1 aromatic carbocycles. The summed E-state index contributed by atoms with van der Waals surface area (Å²) < 4.78 is 6.67. The van der Waals surface area contributed by atoms with Gasteiger partial charge in [-0.15, -0.1) is 11.3 Å². The second-order valence-corrected chi connectivity index (χ2v) is 26.6. The number of carbonyl (C=O) groups is 4. The smallest absolute Gasteiger partial charge is 0.415 e. The van der Waals surface area contributed by atoms with Crippen LogP contribution in [0.4, 0.5) is 4.79 Å². The van der Waals surface area contributed by atoms with Gasteiger partial charge in [-0.05, 0) is 214 Å². The molecule has 4 saturated carbocycles. The highest BCUT2D eigenvalue weighted by Gasteiger charge is 2.63. The molecule has 0 aliphatic heterocycles. The maximum atomic E-state index is 13.7. The van der Waals surface area contributed by atoms with E-state index in [0.29, 0.717) is 120 Å². The Morgan fingerprint density at radius 1 is 0.857 bits per heavy atom. The van der Waals surface area contributed by atoms with Crippen molar-refractivity contribution in [1.82, 2.24) is 25.4 Å². The third-order valence-electron chi connectivity index (χ3n) is 20.2. The van der Waals surface area contributed by atoms with Crippen molar-refractivity contribution in [3.63, 3.8) is 0 Å². The molecule has 4 fully saturated rings. The van der Waals surface area contributed by atoms with Crippen molar-refractivity contribution in [3.05, 3.63) is 45.5 Å². The zero-order chi connectivity index (χ0) is 55.8. The number of likely N-dealkylation sites (N-methyl/N-ethyl adjacent to an activating group) is 1. The molecule has 5 aliphatic rings. The molecule has 14 nitrogen and oxygen atoms in total. The topological polar surface area (TPSA) is 205 Å². The number of Topliss-reactive ketones (excluding diaryl/α,β-unsaturated/α-hetero) is 2. The van der Waals surface area contributed by atoms with Gasteiger partial charge in [-0.2, -0.15) is 5.26 Å². The largest absolute Gasteiger partial charge is 0.480 e. The van der Waals surface area contributed by atoms with Gasteiger partial charge in [-0.3, -0.25) is 14.4 Å². The van der Waals surface area contributed by atoms with Crippen molar-refractivity contribution >= 4 is 45.2 Å². The van der Waals surface area contributed by atoms with Crippen molar-refractivity contribution in [1.29, 1.82) is 5.26 Å². The first-order chi connectivity index (χ1) is 36.6. The number of nitrogens with one attached hydrogen (secondary N) is 2. The fraction of sp³-hybridized carbons (Fsp3) is 0.742. The molecule has 0 radical (unpaired) electrons. The first-order valence-corrected chi connectivity index (χ1v) is 30.4. The number of carboxylic acid groups (broad SMARTS) is 1. The highest BCUT2D eigenvalue weighted by Crippen LogP contribution is 2.68. The number of amides is 1. The number of nitriles is 1. The second kappa shape index (κ2) is 26.5. The van der Waals surface area contributed by atoms with Gasteiger partial charge in [0.05, 0.1) is 22.4 Å². The third-order valence-corrected chi connectivity index (χ3v) is 21.1. The van der Waals surface area contributed by atoms with Crippen molar-refractivity contribution in [2.45, 2.75) is 189 Å². The predicted molar refractivity (Wildman–Crippen MR) is 305 cm³/mol.